The highest BCUT2D eigenvalue weighted by Crippen LogP contribution is 2.41. The summed E-state index contributed by atoms with van der Waals surface area (Å²) in [5, 5.41) is 3.67. The molecule has 2 amide bonds. The number of amides is 2. The normalized spacial score (nSPS) is 13.5. The zero-order chi connectivity index (χ0) is 24.4. The van der Waals surface area contributed by atoms with Gasteiger partial charge in [-0.15, -0.1) is 0 Å². The first-order chi connectivity index (χ1) is 17.0. The van der Waals surface area contributed by atoms with Gasteiger partial charge < -0.3 is 9.64 Å². The Morgan fingerprint density at radius 3 is 2.57 bits per heavy atom. The van der Waals surface area contributed by atoms with Gasteiger partial charge in [0.1, 0.15) is 18.0 Å². The number of urea groups is 1. The van der Waals surface area contributed by atoms with Crippen LogP contribution in [-0.2, 0) is 4.74 Å². The number of anilines is 1. The van der Waals surface area contributed by atoms with Gasteiger partial charge in [-0.2, -0.15) is 0 Å². The molecule has 35 heavy (non-hydrogen) atoms. The molecule has 1 aliphatic rings. The fraction of sp³-hybridized carbons (Fsp3) is 0.192. The van der Waals surface area contributed by atoms with Gasteiger partial charge in [-0.1, -0.05) is 6.07 Å². The molecule has 0 spiro atoms. The van der Waals surface area contributed by atoms with Gasteiger partial charge in [0.25, 0.3) is 0 Å². The van der Waals surface area contributed by atoms with Crippen LogP contribution in [0.15, 0.2) is 54.9 Å². The number of nitrogens with one attached hydrogen (secondary N) is 1. The van der Waals surface area contributed by atoms with E-state index >= 15 is 0 Å². The van der Waals surface area contributed by atoms with Crippen molar-refractivity contribution < 1.29 is 13.9 Å². The van der Waals surface area contributed by atoms with E-state index in [9.17, 15) is 9.18 Å². The average molecular weight is 468 g/mol. The fourth-order valence-electron chi connectivity index (χ4n) is 4.08. The van der Waals surface area contributed by atoms with Crippen LogP contribution in [-0.4, -0.2) is 52.2 Å². The smallest absolute Gasteiger partial charge is 0.323 e. The lowest BCUT2D eigenvalue weighted by Crippen LogP contribution is -2.43. The van der Waals surface area contributed by atoms with Crippen LogP contribution in [0.1, 0.15) is 5.69 Å². The van der Waals surface area contributed by atoms with Gasteiger partial charge in [-0.3, -0.25) is 5.32 Å². The fourth-order valence-corrected chi connectivity index (χ4v) is 4.08. The van der Waals surface area contributed by atoms with Crippen molar-refractivity contribution in [3.63, 3.8) is 0 Å². The van der Waals surface area contributed by atoms with Crippen LogP contribution in [0.3, 0.4) is 0 Å². The zero-order valence-electron chi connectivity index (χ0n) is 19.0. The number of hydrogen-bond donors (Lipinski definition) is 1. The van der Waals surface area contributed by atoms with E-state index in [0.717, 1.165) is 22.2 Å². The Bertz CT molecular complexity index is 1460. The molecule has 1 saturated heterocycles. The maximum Gasteiger partial charge on any atom is 0.323 e. The molecule has 0 bridgehead atoms. The molecule has 2 aromatic heterocycles. The van der Waals surface area contributed by atoms with Crippen LogP contribution >= 0.6 is 0 Å². The summed E-state index contributed by atoms with van der Waals surface area (Å²) < 4.78 is 19.0. The number of rotatable bonds is 3. The second-order valence-corrected chi connectivity index (χ2v) is 8.09. The molecule has 0 saturated carbocycles. The molecule has 9 heteroatoms. The van der Waals surface area contributed by atoms with Crippen molar-refractivity contribution in [2.45, 2.75) is 6.92 Å². The number of fused-ring (bicyclic) bond motifs is 1. The van der Waals surface area contributed by atoms with Gasteiger partial charge in [0, 0.05) is 29.7 Å². The third-order valence-electron chi connectivity index (χ3n) is 5.89. The Hall–Kier alpha value is -4.42. The quantitative estimate of drug-likeness (QED) is 0.417. The van der Waals surface area contributed by atoms with Crippen molar-refractivity contribution in [1.29, 1.82) is 0 Å². The first kappa shape index (κ1) is 22.4. The summed E-state index contributed by atoms with van der Waals surface area (Å²) in [6.07, 6.45) is 1.51. The van der Waals surface area contributed by atoms with E-state index in [1.54, 1.807) is 23.1 Å². The Morgan fingerprint density at radius 1 is 1.09 bits per heavy atom. The van der Waals surface area contributed by atoms with E-state index in [1.165, 1.54) is 18.5 Å². The molecule has 174 valence electrons. The van der Waals surface area contributed by atoms with Gasteiger partial charge in [0.15, 0.2) is 0 Å². The maximum atomic E-state index is 13.7. The number of halogens is 1. The van der Waals surface area contributed by atoms with Crippen molar-refractivity contribution in [3.05, 3.63) is 77.8 Å². The molecule has 3 heterocycles. The summed E-state index contributed by atoms with van der Waals surface area (Å²) in [6, 6.07) is 12.8. The summed E-state index contributed by atoms with van der Waals surface area (Å²) in [6.45, 7) is 11.7. The average Bonchev–Trinajstić information content (AvgIpc) is 2.89. The second-order valence-electron chi connectivity index (χ2n) is 8.09. The number of pyridine rings is 1. The topological polar surface area (TPSA) is 84.6 Å². The van der Waals surface area contributed by atoms with E-state index in [2.05, 4.69) is 20.1 Å². The summed E-state index contributed by atoms with van der Waals surface area (Å²) in [7, 11) is 0. The number of nitrogens with zero attached hydrogens (tertiary/aromatic N) is 5. The molecule has 5 rings (SSSR count). The largest absolute Gasteiger partial charge is 0.378 e. The van der Waals surface area contributed by atoms with Crippen LogP contribution in [0.25, 0.3) is 38.1 Å². The Morgan fingerprint density at radius 2 is 1.83 bits per heavy atom. The number of morpholine rings is 1. The highest BCUT2D eigenvalue weighted by Gasteiger charge is 2.21. The standard InChI is InChI=1S/C26H21FN6O2/c1-16-20-13-18(5-8-21(20)30-15-29-16)24-22(28-2)14-23(32-26(34)33-9-11-35-12-10-33)31-25(24)17-3-6-19(27)7-4-17/h3-8,13-15H,9-12H2,1H3,(H,31,32,34). The lowest BCUT2D eigenvalue weighted by Gasteiger charge is -2.27. The minimum absolute atomic E-state index is 0.246. The molecule has 8 nitrogen and oxygen atoms in total. The van der Waals surface area contributed by atoms with Crippen molar-refractivity contribution >= 4 is 28.4 Å². The highest BCUT2D eigenvalue weighted by atomic mass is 19.1. The molecule has 1 N–H and O–H groups in total. The van der Waals surface area contributed by atoms with Crippen molar-refractivity contribution in [3.8, 4) is 22.4 Å². The number of carbonyl (C=O) groups is 1. The molecule has 0 aliphatic carbocycles. The minimum Gasteiger partial charge on any atom is -0.378 e. The SMILES string of the molecule is [C-]#[N+]c1cc(NC(=O)N2CCOCC2)nc(-c2ccc(F)cc2)c1-c1ccc2ncnc(C)c2c1. The van der Waals surface area contributed by atoms with Gasteiger partial charge in [0.2, 0.25) is 5.69 Å². The minimum atomic E-state index is -0.379. The second kappa shape index (κ2) is 9.44. The molecule has 1 fully saturated rings. The molecular weight excluding hydrogens is 447 g/mol. The first-order valence-electron chi connectivity index (χ1n) is 11.1. The summed E-state index contributed by atoms with van der Waals surface area (Å²) in [4.78, 5) is 31.5. The predicted molar refractivity (Wildman–Crippen MR) is 131 cm³/mol. The van der Waals surface area contributed by atoms with Crippen molar-refractivity contribution in [2.75, 3.05) is 31.6 Å². The van der Waals surface area contributed by atoms with Crippen LogP contribution in [0.5, 0.6) is 0 Å². The third kappa shape index (κ3) is 4.52. The number of aryl methyl sites for hydroxylation is 1. The Kier molecular flexibility index (Phi) is 6.04. The van der Waals surface area contributed by atoms with E-state index in [1.807, 2.05) is 25.1 Å². The summed E-state index contributed by atoms with van der Waals surface area (Å²) >= 11 is 0. The Balaban J connectivity index is 1.65. The van der Waals surface area contributed by atoms with Gasteiger partial charge in [-0.25, -0.2) is 29.0 Å². The van der Waals surface area contributed by atoms with Crippen molar-refractivity contribution in [2.24, 2.45) is 0 Å². The molecule has 4 aromatic rings. The molecule has 0 radical (unpaired) electrons. The van der Waals surface area contributed by atoms with Crippen LogP contribution in [0.4, 0.5) is 20.7 Å². The summed E-state index contributed by atoms with van der Waals surface area (Å²) in [5.74, 6) is -0.133. The van der Waals surface area contributed by atoms with Gasteiger partial charge in [-0.05, 0) is 60.5 Å². The van der Waals surface area contributed by atoms with E-state index in [-0.39, 0.29) is 17.7 Å². The van der Waals surface area contributed by atoms with E-state index in [4.69, 9.17) is 16.3 Å². The Labute approximate surface area is 201 Å². The highest BCUT2D eigenvalue weighted by molar-refractivity contribution is 5.97. The van der Waals surface area contributed by atoms with Crippen LogP contribution in [0.2, 0.25) is 0 Å². The molecule has 1 aliphatic heterocycles. The molecular formula is C26H21FN6O2. The molecule has 0 unspecified atom stereocenters. The third-order valence-corrected chi connectivity index (χ3v) is 5.89. The monoisotopic (exact) mass is 468 g/mol. The van der Waals surface area contributed by atoms with Gasteiger partial charge in [0.05, 0.1) is 31.0 Å². The predicted octanol–water partition coefficient (Wildman–Crippen LogP) is 5.22. The van der Waals surface area contributed by atoms with E-state index in [0.29, 0.717) is 48.8 Å². The van der Waals surface area contributed by atoms with Crippen molar-refractivity contribution in [1.82, 2.24) is 19.9 Å². The number of benzene rings is 2. The van der Waals surface area contributed by atoms with Crippen LogP contribution < -0.4 is 5.32 Å². The van der Waals surface area contributed by atoms with E-state index < -0.39 is 0 Å². The van der Waals surface area contributed by atoms with Crippen LogP contribution in [0, 0.1) is 19.3 Å². The number of aromatic nitrogens is 3. The maximum absolute atomic E-state index is 13.7. The lowest BCUT2D eigenvalue weighted by molar-refractivity contribution is 0.0564. The first-order valence-corrected chi connectivity index (χ1v) is 11.1. The number of hydrogen-bond acceptors (Lipinski definition) is 5. The zero-order valence-corrected chi connectivity index (χ0v) is 19.0. The number of ether oxygens (including phenoxy) is 1. The van der Waals surface area contributed by atoms with Gasteiger partial charge >= 0.3 is 6.03 Å². The molecule has 2 aromatic carbocycles. The lowest BCUT2D eigenvalue weighted by atomic mass is 9.96. The number of carbonyl (C=O) groups excluding carboxylic acids is 1. The molecule has 0 atom stereocenters. The summed E-state index contributed by atoms with van der Waals surface area (Å²) in [5.41, 5.74) is 4.33.